The van der Waals surface area contributed by atoms with Gasteiger partial charge < -0.3 is 19.5 Å². The van der Waals surface area contributed by atoms with Crippen molar-refractivity contribution in [2.24, 2.45) is 0 Å². The molecule has 7 nitrogen and oxygen atoms in total. The summed E-state index contributed by atoms with van der Waals surface area (Å²) in [5.74, 6) is -0.906. The van der Waals surface area contributed by atoms with Crippen molar-refractivity contribution >= 4 is 29.1 Å². The number of dihydropyridines is 1. The minimum Gasteiger partial charge on any atom is -0.493 e. The van der Waals surface area contributed by atoms with Crippen LogP contribution in [0.25, 0.3) is 0 Å². The van der Waals surface area contributed by atoms with E-state index in [0.717, 1.165) is 5.70 Å². The first-order valence-electron chi connectivity index (χ1n) is 10.6. The number of nitrogens with one attached hydrogen (secondary N) is 1. The normalized spacial score (nSPS) is 20.2. The molecule has 33 heavy (non-hydrogen) atoms. The van der Waals surface area contributed by atoms with Gasteiger partial charge in [0.1, 0.15) is 0 Å². The Labute approximate surface area is 196 Å². The number of allylic oxidation sites excluding steroid dienone is 3. The molecule has 0 saturated carbocycles. The van der Waals surface area contributed by atoms with Crippen molar-refractivity contribution in [1.82, 2.24) is 5.32 Å². The zero-order valence-corrected chi connectivity index (χ0v) is 19.7. The molecule has 0 fully saturated rings. The highest BCUT2D eigenvalue weighted by Crippen LogP contribution is 2.47. The summed E-state index contributed by atoms with van der Waals surface area (Å²) >= 11 is 1.64. The fraction of sp³-hybridized carbons (Fsp3) is 0.320. The molecule has 1 N–H and O–H groups in total. The summed E-state index contributed by atoms with van der Waals surface area (Å²) in [4.78, 5) is 38.9. The SMILES string of the molecule is COC(=O)C1=C(C)NC2=C(C(=O)C[C@@H](c3cccs3)C2)[C@@H]1c1ccc(OC(C)=O)c(OC)c1. The van der Waals surface area contributed by atoms with Crippen LogP contribution in [0.2, 0.25) is 0 Å². The molecule has 1 aliphatic heterocycles. The fourth-order valence-electron chi connectivity index (χ4n) is 4.58. The van der Waals surface area contributed by atoms with Crippen LogP contribution in [0, 0.1) is 0 Å². The van der Waals surface area contributed by atoms with E-state index in [0.29, 0.717) is 41.0 Å². The van der Waals surface area contributed by atoms with Gasteiger partial charge in [0, 0.05) is 47.0 Å². The number of esters is 2. The predicted octanol–water partition coefficient (Wildman–Crippen LogP) is 4.22. The quantitative estimate of drug-likeness (QED) is 0.520. The molecule has 0 amide bonds. The average Bonchev–Trinajstić information content (AvgIpc) is 3.32. The van der Waals surface area contributed by atoms with Gasteiger partial charge in [0.05, 0.1) is 19.8 Å². The van der Waals surface area contributed by atoms with Crippen LogP contribution in [0.5, 0.6) is 11.5 Å². The van der Waals surface area contributed by atoms with Crippen molar-refractivity contribution in [1.29, 1.82) is 0 Å². The van der Waals surface area contributed by atoms with Crippen LogP contribution in [0.3, 0.4) is 0 Å². The van der Waals surface area contributed by atoms with Crippen molar-refractivity contribution in [3.8, 4) is 11.5 Å². The molecule has 172 valence electrons. The Kier molecular flexibility index (Phi) is 6.37. The van der Waals surface area contributed by atoms with Crippen LogP contribution in [0.4, 0.5) is 0 Å². The van der Waals surface area contributed by atoms with Gasteiger partial charge in [0.2, 0.25) is 0 Å². The molecule has 0 radical (unpaired) electrons. The third-order valence-corrected chi connectivity index (χ3v) is 6.99. The monoisotopic (exact) mass is 467 g/mol. The van der Waals surface area contributed by atoms with Gasteiger partial charge in [-0.05, 0) is 42.5 Å². The van der Waals surface area contributed by atoms with Gasteiger partial charge in [-0.3, -0.25) is 9.59 Å². The topological polar surface area (TPSA) is 90.9 Å². The second-order valence-corrected chi connectivity index (χ2v) is 9.01. The minimum atomic E-state index is -0.620. The van der Waals surface area contributed by atoms with E-state index < -0.39 is 17.9 Å². The van der Waals surface area contributed by atoms with Gasteiger partial charge in [-0.2, -0.15) is 0 Å². The number of hydrogen-bond donors (Lipinski definition) is 1. The second kappa shape index (κ2) is 9.23. The predicted molar refractivity (Wildman–Crippen MR) is 123 cm³/mol. The Balaban J connectivity index is 1.83. The van der Waals surface area contributed by atoms with E-state index in [1.807, 2.05) is 18.4 Å². The highest BCUT2D eigenvalue weighted by molar-refractivity contribution is 7.10. The summed E-state index contributed by atoms with van der Waals surface area (Å²) in [5.41, 5.74) is 3.09. The number of ketones is 1. The third-order valence-electron chi connectivity index (χ3n) is 5.95. The van der Waals surface area contributed by atoms with Crippen LogP contribution in [-0.2, 0) is 19.1 Å². The van der Waals surface area contributed by atoms with Gasteiger partial charge in [-0.15, -0.1) is 11.3 Å². The van der Waals surface area contributed by atoms with E-state index in [2.05, 4.69) is 11.4 Å². The molecule has 4 rings (SSSR count). The Morgan fingerprint density at radius 2 is 1.91 bits per heavy atom. The molecular weight excluding hydrogens is 442 g/mol. The summed E-state index contributed by atoms with van der Waals surface area (Å²) < 4.78 is 15.7. The van der Waals surface area contributed by atoms with E-state index in [9.17, 15) is 14.4 Å². The lowest BCUT2D eigenvalue weighted by molar-refractivity contribution is -0.136. The molecular formula is C25H25NO6S. The summed E-state index contributed by atoms with van der Waals surface area (Å²) in [6.07, 6.45) is 1.04. The number of carbonyl (C=O) groups is 3. The number of carbonyl (C=O) groups excluding carboxylic acids is 3. The molecule has 0 saturated heterocycles. The zero-order chi connectivity index (χ0) is 23.7. The molecule has 2 aromatic rings. The Hall–Kier alpha value is -3.39. The summed E-state index contributed by atoms with van der Waals surface area (Å²) in [6, 6.07) is 9.10. The summed E-state index contributed by atoms with van der Waals surface area (Å²) in [5, 5.41) is 5.33. The average molecular weight is 468 g/mol. The van der Waals surface area contributed by atoms with Crippen molar-refractivity contribution in [3.05, 3.63) is 68.7 Å². The second-order valence-electron chi connectivity index (χ2n) is 8.03. The minimum absolute atomic E-state index is 0.0101. The molecule has 1 aromatic carbocycles. The lowest BCUT2D eigenvalue weighted by Crippen LogP contribution is -2.35. The number of thiophene rings is 1. The lowest BCUT2D eigenvalue weighted by atomic mass is 9.72. The maximum atomic E-state index is 13.5. The number of hydrogen-bond acceptors (Lipinski definition) is 8. The van der Waals surface area contributed by atoms with Gasteiger partial charge >= 0.3 is 11.9 Å². The van der Waals surface area contributed by atoms with Gasteiger partial charge in [0.15, 0.2) is 17.3 Å². The molecule has 2 atom stereocenters. The van der Waals surface area contributed by atoms with Gasteiger partial charge in [-0.25, -0.2) is 4.79 Å². The van der Waals surface area contributed by atoms with Crippen molar-refractivity contribution in [2.45, 2.75) is 38.5 Å². The first-order chi connectivity index (χ1) is 15.8. The summed E-state index contributed by atoms with van der Waals surface area (Å²) in [6.45, 7) is 3.12. The van der Waals surface area contributed by atoms with E-state index in [1.54, 1.807) is 29.5 Å². The molecule has 1 aromatic heterocycles. The standard InChI is InChI=1S/C25H25NO6S/c1-13-22(25(29)31-4)23(15-7-8-19(32-14(2)27)20(12-15)30-3)24-17(26-13)10-16(11-18(24)28)21-6-5-9-33-21/h5-9,12,16,23,26H,10-11H2,1-4H3/t16-,23+/m0/s1. The van der Waals surface area contributed by atoms with E-state index in [1.165, 1.54) is 26.0 Å². The van der Waals surface area contributed by atoms with Crippen molar-refractivity contribution in [3.63, 3.8) is 0 Å². The van der Waals surface area contributed by atoms with Crippen LogP contribution < -0.4 is 14.8 Å². The number of methoxy groups -OCH3 is 2. The van der Waals surface area contributed by atoms with Gasteiger partial charge in [-0.1, -0.05) is 12.1 Å². The third kappa shape index (κ3) is 4.30. The molecule has 1 aliphatic carbocycles. The Bertz CT molecular complexity index is 1180. The highest BCUT2D eigenvalue weighted by Gasteiger charge is 2.41. The Morgan fingerprint density at radius 3 is 2.55 bits per heavy atom. The largest absolute Gasteiger partial charge is 0.493 e. The molecule has 8 heteroatoms. The fourth-order valence-corrected chi connectivity index (χ4v) is 5.41. The van der Waals surface area contributed by atoms with Crippen LogP contribution >= 0.6 is 11.3 Å². The van der Waals surface area contributed by atoms with Crippen LogP contribution in [-0.4, -0.2) is 31.9 Å². The molecule has 0 bridgehead atoms. The molecule has 2 aliphatic rings. The number of rotatable bonds is 5. The first kappa shape index (κ1) is 22.8. The maximum Gasteiger partial charge on any atom is 0.336 e. The van der Waals surface area contributed by atoms with Crippen LogP contribution in [0.1, 0.15) is 49.0 Å². The number of Topliss-reactive ketones (excluding diaryl/α,β-unsaturated/α-hetero) is 1. The molecule has 0 unspecified atom stereocenters. The smallest absolute Gasteiger partial charge is 0.336 e. The number of ether oxygens (including phenoxy) is 3. The van der Waals surface area contributed by atoms with Crippen molar-refractivity contribution in [2.75, 3.05) is 14.2 Å². The Morgan fingerprint density at radius 1 is 1.12 bits per heavy atom. The first-order valence-corrected chi connectivity index (χ1v) is 11.4. The molecule has 0 spiro atoms. The van der Waals surface area contributed by atoms with Crippen molar-refractivity contribution < 1.29 is 28.6 Å². The van der Waals surface area contributed by atoms with E-state index in [-0.39, 0.29) is 17.5 Å². The lowest BCUT2D eigenvalue weighted by Gasteiger charge is -2.36. The maximum absolute atomic E-state index is 13.5. The molecule has 2 heterocycles. The summed E-state index contributed by atoms with van der Waals surface area (Å²) in [7, 11) is 2.79. The zero-order valence-electron chi connectivity index (χ0n) is 18.9. The highest BCUT2D eigenvalue weighted by atomic mass is 32.1. The van der Waals surface area contributed by atoms with E-state index >= 15 is 0 Å². The van der Waals surface area contributed by atoms with Gasteiger partial charge in [0.25, 0.3) is 0 Å². The number of benzene rings is 1. The van der Waals surface area contributed by atoms with Crippen LogP contribution in [0.15, 0.2) is 58.3 Å². The van der Waals surface area contributed by atoms with E-state index in [4.69, 9.17) is 14.2 Å².